The Morgan fingerprint density at radius 3 is 2.15 bits per heavy atom. The van der Waals surface area contributed by atoms with Crippen LogP contribution in [0.3, 0.4) is 0 Å². The summed E-state index contributed by atoms with van der Waals surface area (Å²) in [6, 6.07) is 25.0. The van der Waals surface area contributed by atoms with Crippen molar-refractivity contribution >= 4 is 23.4 Å². The summed E-state index contributed by atoms with van der Waals surface area (Å²) in [6.07, 6.45) is 0. The summed E-state index contributed by atoms with van der Waals surface area (Å²) in [5.41, 5.74) is 2.76. The average molecular weight is 461 g/mol. The zero-order valence-corrected chi connectivity index (χ0v) is 19.2. The highest BCUT2D eigenvalue weighted by Crippen LogP contribution is 2.27. The van der Waals surface area contributed by atoms with E-state index in [0.29, 0.717) is 17.4 Å². The second-order valence-electron chi connectivity index (χ2n) is 7.17. The Bertz CT molecular complexity index is 1190. The maximum absolute atomic E-state index is 12.5. The molecule has 0 aliphatic rings. The Hall–Kier alpha value is -3.78. The standard InChI is InChI=1S/C25H24N4O3S/c1-31-21-12-8-19(9-13-21)24-27-28-25(29(24)16-18-6-4-3-5-7-18)33-17-23(30)26-20-10-14-22(32-2)15-11-20/h3-15H,16-17H2,1-2H3,(H,26,30). The van der Waals surface area contributed by atoms with E-state index in [4.69, 9.17) is 9.47 Å². The van der Waals surface area contributed by atoms with Crippen LogP contribution >= 0.6 is 11.8 Å². The van der Waals surface area contributed by atoms with Gasteiger partial charge in [-0.25, -0.2) is 0 Å². The molecule has 0 fully saturated rings. The van der Waals surface area contributed by atoms with Crippen molar-refractivity contribution < 1.29 is 14.3 Å². The van der Waals surface area contributed by atoms with Crippen molar-refractivity contribution in [1.29, 1.82) is 0 Å². The first kappa shape index (κ1) is 22.4. The first-order chi connectivity index (χ1) is 16.2. The van der Waals surface area contributed by atoms with E-state index in [-0.39, 0.29) is 11.7 Å². The van der Waals surface area contributed by atoms with Crippen LogP contribution in [0.2, 0.25) is 0 Å². The molecule has 1 amide bonds. The summed E-state index contributed by atoms with van der Waals surface area (Å²) in [6.45, 7) is 0.595. The van der Waals surface area contributed by atoms with Crippen molar-refractivity contribution in [2.24, 2.45) is 0 Å². The fraction of sp³-hybridized carbons (Fsp3) is 0.160. The molecule has 0 unspecified atom stereocenters. The number of anilines is 1. The number of hydrogen-bond donors (Lipinski definition) is 1. The number of nitrogens with zero attached hydrogens (tertiary/aromatic N) is 3. The van der Waals surface area contributed by atoms with Gasteiger partial charge in [-0.2, -0.15) is 0 Å². The molecule has 33 heavy (non-hydrogen) atoms. The van der Waals surface area contributed by atoms with Gasteiger partial charge in [0.1, 0.15) is 11.5 Å². The Morgan fingerprint density at radius 2 is 1.52 bits per heavy atom. The summed E-state index contributed by atoms with van der Waals surface area (Å²) in [5, 5.41) is 12.4. The molecule has 0 spiro atoms. The van der Waals surface area contributed by atoms with Crippen LogP contribution in [-0.2, 0) is 11.3 Å². The number of nitrogens with one attached hydrogen (secondary N) is 1. The maximum atomic E-state index is 12.5. The highest BCUT2D eigenvalue weighted by atomic mass is 32.2. The monoisotopic (exact) mass is 460 g/mol. The minimum atomic E-state index is -0.120. The van der Waals surface area contributed by atoms with Gasteiger partial charge in [0.2, 0.25) is 5.91 Å². The highest BCUT2D eigenvalue weighted by Gasteiger charge is 2.16. The van der Waals surface area contributed by atoms with Crippen LogP contribution in [-0.4, -0.2) is 40.6 Å². The molecular weight excluding hydrogens is 436 g/mol. The largest absolute Gasteiger partial charge is 0.497 e. The molecule has 0 aliphatic carbocycles. The van der Waals surface area contributed by atoms with Crippen LogP contribution in [0.25, 0.3) is 11.4 Å². The smallest absolute Gasteiger partial charge is 0.234 e. The molecular formula is C25H24N4O3S. The zero-order valence-electron chi connectivity index (χ0n) is 18.4. The molecule has 0 saturated heterocycles. The third kappa shape index (κ3) is 5.72. The van der Waals surface area contributed by atoms with E-state index < -0.39 is 0 Å². The fourth-order valence-corrected chi connectivity index (χ4v) is 4.00. The summed E-state index contributed by atoms with van der Waals surface area (Å²) < 4.78 is 12.4. The SMILES string of the molecule is COc1ccc(NC(=O)CSc2nnc(-c3ccc(OC)cc3)n2Cc2ccccc2)cc1. The Labute approximate surface area is 196 Å². The number of hydrogen-bond acceptors (Lipinski definition) is 6. The molecule has 0 atom stereocenters. The number of benzene rings is 3. The van der Waals surface area contributed by atoms with Gasteiger partial charge in [0.25, 0.3) is 0 Å². The average Bonchev–Trinajstić information content (AvgIpc) is 3.26. The summed E-state index contributed by atoms with van der Waals surface area (Å²) in [7, 11) is 3.24. The summed E-state index contributed by atoms with van der Waals surface area (Å²) >= 11 is 1.35. The van der Waals surface area contributed by atoms with Crippen LogP contribution in [0.15, 0.2) is 84.0 Å². The van der Waals surface area contributed by atoms with Crippen LogP contribution in [0, 0.1) is 0 Å². The number of amides is 1. The zero-order chi connectivity index (χ0) is 23.0. The van der Waals surface area contributed by atoms with Crippen molar-refractivity contribution in [2.45, 2.75) is 11.7 Å². The predicted octanol–water partition coefficient (Wildman–Crippen LogP) is 4.74. The van der Waals surface area contributed by atoms with Crippen LogP contribution in [0.1, 0.15) is 5.56 Å². The van der Waals surface area contributed by atoms with Crippen molar-refractivity contribution in [3.63, 3.8) is 0 Å². The lowest BCUT2D eigenvalue weighted by molar-refractivity contribution is -0.113. The Morgan fingerprint density at radius 1 is 0.879 bits per heavy atom. The minimum absolute atomic E-state index is 0.120. The molecule has 0 bridgehead atoms. The molecule has 3 aromatic carbocycles. The molecule has 0 radical (unpaired) electrons. The quantitative estimate of drug-likeness (QED) is 0.364. The topological polar surface area (TPSA) is 78.3 Å². The molecule has 1 N–H and O–H groups in total. The van der Waals surface area contributed by atoms with E-state index in [9.17, 15) is 4.79 Å². The van der Waals surface area contributed by atoms with E-state index in [0.717, 1.165) is 28.5 Å². The van der Waals surface area contributed by atoms with E-state index in [1.54, 1.807) is 38.5 Å². The molecule has 168 valence electrons. The minimum Gasteiger partial charge on any atom is -0.497 e. The first-order valence-electron chi connectivity index (χ1n) is 10.3. The van der Waals surface area contributed by atoms with Crippen molar-refractivity contribution in [3.05, 3.63) is 84.4 Å². The van der Waals surface area contributed by atoms with Gasteiger partial charge >= 0.3 is 0 Å². The highest BCUT2D eigenvalue weighted by molar-refractivity contribution is 7.99. The van der Waals surface area contributed by atoms with E-state index in [1.807, 2.05) is 47.0 Å². The lowest BCUT2D eigenvalue weighted by atomic mass is 10.2. The van der Waals surface area contributed by atoms with E-state index in [2.05, 4.69) is 27.6 Å². The van der Waals surface area contributed by atoms with Gasteiger partial charge < -0.3 is 14.8 Å². The molecule has 0 aliphatic heterocycles. The van der Waals surface area contributed by atoms with Crippen molar-refractivity contribution in [1.82, 2.24) is 14.8 Å². The molecule has 1 aromatic heterocycles. The Balaban J connectivity index is 1.52. The third-order valence-electron chi connectivity index (χ3n) is 4.95. The summed E-state index contributed by atoms with van der Waals surface area (Å²) in [4.78, 5) is 12.5. The molecule has 4 rings (SSSR count). The normalized spacial score (nSPS) is 10.6. The van der Waals surface area contributed by atoms with Gasteiger partial charge in [0, 0.05) is 11.3 Å². The second-order valence-corrected chi connectivity index (χ2v) is 8.11. The van der Waals surface area contributed by atoms with E-state index >= 15 is 0 Å². The first-order valence-corrected chi connectivity index (χ1v) is 11.3. The summed E-state index contributed by atoms with van der Waals surface area (Å²) in [5.74, 6) is 2.34. The number of thioether (sulfide) groups is 1. The van der Waals surface area contributed by atoms with Crippen LogP contribution in [0.5, 0.6) is 11.5 Å². The van der Waals surface area contributed by atoms with Gasteiger partial charge in [0.05, 0.1) is 26.5 Å². The second kappa shape index (κ2) is 10.7. The third-order valence-corrected chi connectivity index (χ3v) is 5.92. The van der Waals surface area contributed by atoms with Gasteiger partial charge in [-0.15, -0.1) is 10.2 Å². The van der Waals surface area contributed by atoms with Gasteiger partial charge in [-0.05, 0) is 54.1 Å². The lowest BCUT2D eigenvalue weighted by Gasteiger charge is -2.11. The maximum Gasteiger partial charge on any atom is 0.234 e. The van der Waals surface area contributed by atoms with Gasteiger partial charge in [-0.3, -0.25) is 9.36 Å². The van der Waals surface area contributed by atoms with Crippen LogP contribution in [0.4, 0.5) is 5.69 Å². The van der Waals surface area contributed by atoms with Crippen LogP contribution < -0.4 is 14.8 Å². The molecule has 8 heteroatoms. The van der Waals surface area contributed by atoms with E-state index in [1.165, 1.54) is 11.8 Å². The molecule has 7 nitrogen and oxygen atoms in total. The predicted molar refractivity (Wildman–Crippen MR) is 130 cm³/mol. The molecule has 4 aromatic rings. The number of methoxy groups -OCH3 is 2. The number of carbonyl (C=O) groups is 1. The number of ether oxygens (including phenoxy) is 2. The molecule has 1 heterocycles. The molecule has 0 saturated carbocycles. The lowest BCUT2D eigenvalue weighted by Crippen LogP contribution is -2.14. The van der Waals surface area contributed by atoms with Gasteiger partial charge in [0.15, 0.2) is 11.0 Å². The number of carbonyl (C=O) groups excluding carboxylic acids is 1. The number of aromatic nitrogens is 3. The Kier molecular flexibility index (Phi) is 7.26. The number of rotatable bonds is 9. The fourth-order valence-electron chi connectivity index (χ4n) is 3.26. The van der Waals surface area contributed by atoms with Gasteiger partial charge in [-0.1, -0.05) is 42.1 Å². The van der Waals surface area contributed by atoms with Crippen molar-refractivity contribution in [3.8, 4) is 22.9 Å². The van der Waals surface area contributed by atoms with Crippen molar-refractivity contribution in [2.75, 3.05) is 25.3 Å².